The van der Waals surface area contributed by atoms with Gasteiger partial charge in [0.1, 0.15) is 17.9 Å². The summed E-state index contributed by atoms with van der Waals surface area (Å²) >= 11 is 0. The van der Waals surface area contributed by atoms with E-state index in [0.717, 1.165) is 5.56 Å². The molecule has 0 aliphatic rings. The van der Waals surface area contributed by atoms with Crippen LogP contribution in [0.5, 0.6) is 0 Å². The van der Waals surface area contributed by atoms with Crippen molar-refractivity contribution in [3.8, 4) is 11.4 Å². The number of aromatic amines is 1. The molecular formula is C16H15N5O3. The van der Waals surface area contributed by atoms with E-state index in [2.05, 4.69) is 20.1 Å². The lowest BCUT2D eigenvalue weighted by atomic mass is 10.2. The van der Waals surface area contributed by atoms with Crippen molar-refractivity contribution in [3.63, 3.8) is 0 Å². The summed E-state index contributed by atoms with van der Waals surface area (Å²) in [5.41, 5.74) is 0.307. The van der Waals surface area contributed by atoms with Crippen LogP contribution < -0.4 is 5.56 Å². The lowest BCUT2D eigenvalue weighted by Crippen LogP contribution is -2.32. The smallest absolute Gasteiger partial charge is 0.263 e. The molecule has 0 aliphatic carbocycles. The fourth-order valence-electron chi connectivity index (χ4n) is 2.14. The van der Waals surface area contributed by atoms with Gasteiger partial charge < -0.3 is 14.4 Å². The zero-order valence-electron chi connectivity index (χ0n) is 13.2. The van der Waals surface area contributed by atoms with Gasteiger partial charge in [0.15, 0.2) is 0 Å². The summed E-state index contributed by atoms with van der Waals surface area (Å²) in [4.78, 5) is 36.2. The van der Waals surface area contributed by atoms with Gasteiger partial charge in [-0.2, -0.15) is 4.98 Å². The molecule has 1 N–H and O–H groups in total. The number of amides is 1. The fraction of sp³-hybridized carbons (Fsp3) is 0.188. The van der Waals surface area contributed by atoms with E-state index in [4.69, 9.17) is 4.52 Å². The Labute approximate surface area is 137 Å². The maximum Gasteiger partial charge on any atom is 0.263 e. The number of aromatic nitrogens is 4. The van der Waals surface area contributed by atoms with Crippen LogP contribution in [0.2, 0.25) is 0 Å². The number of nitrogens with one attached hydrogen (secondary N) is 1. The highest BCUT2D eigenvalue weighted by molar-refractivity contribution is 5.93. The Morgan fingerprint density at radius 3 is 2.75 bits per heavy atom. The van der Waals surface area contributed by atoms with Crippen LogP contribution in [0.1, 0.15) is 22.1 Å². The molecule has 0 bridgehead atoms. The molecule has 0 fully saturated rings. The highest BCUT2D eigenvalue weighted by atomic mass is 16.5. The number of carbonyl (C=O) groups excluding carboxylic acids is 1. The molecular weight excluding hydrogens is 310 g/mol. The molecule has 0 unspecified atom stereocenters. The minimum atomic E-state index is -0.477. The molecule has 122 valence electrons. The fourth-order valence-corrected chi connectivity index (χ4v) is 2.14. The third-order valence-corrected chi connectivity index (χ3v) is 3.38. The van der Waals surface area contributed by atoms with E-state index in [1.54, 1.807) is 14.0 Å². The molecule has 1 amide bonds. The van der Waals surface area contributed by atoms with E-state index in [0.29, 0.717) is 11.6 Å². The number of rotatable bonds is 4. The quantitative estimate of drug-likeness (QED) is 0.777. The van der Waals surface area contributed by atoms with Gasteiger partial charge in [-0.15, -0.1) is 0 Å². The largest absolute Gasteiger partial charge is 0.337 e. The normalized spacial score (nSPS) is 10.6. The molecule has 0 saturated heterocycles. The maximum absolute atomic E-state index is 12.3. The van der Waals surface area contributed by atoms with Crippen molar-refractivity contribution in [2.45, 2.75) is 13.5 Å². The van der Waals surface area contributed by atoms with Gasteiger partial charge in [-0.3, -0.25) is 9.59 Å². The van der Waals surface area contributed by atoms with Crippen LogP contribution in [0.3, 0.4) is 0 Å². The van der Waals surface area contributed by atoms with E-state index < -0.39 is 11.5 Å². The Morgan fingerprint density at radius 1 is 1.29 bits per heavy atom. The molecule has 1 aromatic carbocycles. The molecule has 2 aromatic heterocycles. The number of hydrogen-bond acceptors (Lipinski definition) is 6. The Morgan fingerprint density at radius 2 is 2.04 bits per heavy atom. The molecule has 3 aromatic rings. The first kappa shape index (κ1) is 15.6. The zero-order chi connectivity index (χ0) is 17.1. The standard InChI is InChI=1S/C16H15N5O3/c1-10-17-8-12(15(22)18-10)16(23)21(2)9-13-19-14(20-24-13)11-6-4-3-5-7-11/h3-8H,9H2,1-2H3,(H,17,18,22). The van der Waals surface area contributed by atoms with Crippen molar-refractivity contribution in [2.75, 3.05) is 7.05 Å². The second-order valence-corrected chi connectivity index (χ2v) is 5.25. The molecule has 0 aliphatic heterocycles. The SMILES string of the molecule is Cc1ncc(C(=O)N(C)Cc2nc(-c3ccccc3)no2)c(=O)[nH]1. The third kappa shape index (κ3) is 3.22. The van der Waals surface area contributed by atoms with Crippen molar-refractivity contribution < 1.29 is 9.32 Å². The molecule has 8 nitrogen and oxygen atoms in total. The third-order valence-electron chi connectivity index (χ3n) is 3.38. The summed E-state index contributed by atoms with van der Waals surface area (Å²) in [6, 6.07) is 9.36. The van der Waals surface area contributed by atoms with E-state index in [-0.39, 0.29) is 18.0 Å². The van der Waals surface area contributed by atoms with E-state index in [1.807, 2.05) is 30.3 Å². The van der Waals surface area contributed by atoms with Crippen LogP contribution in [0.15, 0.2) is 45.8 Å². The van der Waals surface area contributed by atoms with Crippen molar-refractivity contribution in [1.29, 1.82) is 0 Å². The zero-order valence-corrected chi connectivity index (χ0v) is 13.2. The molecule has 3 rings (SSSR count). The minimum absolute atomic E-state index is 0.0362. The number of nitrogens with zero attached hydrogens (tertiary/aromatic N) is 4. The number of carbonyl (C=O) groups is 1. The van der Waals surface area contributed by atoms with Gasteiger partial charge in [-0.1, -0.05) is 35.5 Å². The second-order valence-electron chi connectivity index (χ2n) is 5.25. The Kier molecular flexibility index (Phi) is 4.19. The predicted molar refractivity (Wildman–Crippen MR) is 85.1 cm³/mol. The summed E-state index contributed by atoms with van der Waals surface area (Å²) in [7, 11) is 1.55. The highest BCUT2D eigenvalue weighted by Gasteiger charge is 2.19. The topological polar surface area (TPSA) is 105 Å². The van der Waals surface area contributed by atoms with Gasteiger partial charge in [0.2, 0.25) is 11.7 Å². The minimum Gasteiger partial charge on any atom is -0.337 e. The maximum atomic E-state index is 12.3. The summed E-state index contributed by atoms with van der Waals surface area (Å²) in [5, 5.41) is 3.90. The van der Waals surface area contributed by atoms with Gasteiger partial charge in [0.25, 0.3) is 11.5 Å². The molecule has 8 heteroatoms. The summed E-state index contributed by atoms with van der Waals surface area (Å²) in [6.45, 7) is 1.73. The molecule has 0 radical (unpaired) electrons. The van der Waals surface area contributed by atoms with Crippen LogP contribution in [-0.2, 0) is 6.54 Å². The van der Waals surface area contributed by atoms with E-state index >= 15 is 0 Å². The van der Waals surface area contributed by atoms with Gasteiger partial charge in [-0.05, 0) is 6.92 Å². The Balaban J connectivity index is 1.75. The summed E-state index contributed by atoms with van der Waals surface area (Å²) in [5.74, 6) is 0.703. The van der Waals surface area contributed by atoms with E-state index in [1.165, 1.54) is 11.1 Å². The lowest BCUT2D eigenvalue weighted by molar-refractivity contribution is 0.0767. The first-order valence-corrected chi connectivity index (χ1v) is 7.24. The van der Waals surface area contributed by atoms with Crippen molar-refractivity contribution in [2.24, 2.45) is 0 Å². The van der Waals surface area contributed by atoms with Crippen LogP contribution in [-0.4, -0.2) is 38.0 Å². The van der Waals surface area contributed by atoms with Gasteiger partial charge >= 0.3 is 0 Å². The van der Waals surface area contributed by atoms with Crippen molar-refractivity contribution in [3.05, 3.63) is 64.2 Å². The Bertz CT molecular complexity index is 917. The lowest BCUT2D eigenvalue weighted by Gasteiger charge is -2.13. The molecule has 2 heterocycles. The van der Waals surface area contributed by atoms with Crippen molar-refractivity contribution in [1.82, 2.24) is 25.0 Å². The van der Waals surface area contributed by atoms with Crippen LogP contribution in [0.4, 0.5) is 0 Å². The number of aryl methyl sites for hydroxylation is 1. The van der Waals surface area contributed by atoms with Gasteiger partial charge in [0, 0.05) is 18.8 Å². The monoisotopic (exact) mass is 325 g/mol. The average molecular weight is 325 g/mol. The van der Waals surface area contributed by atoms with Crippen LogP contribution in [0, 0.1) is 6.92 Å². The highest BCUT2D eigenvalue weighted by Crippen LogP contribution is 2.15. The first-order chi connectivity index (χ1) is 11.5. The second kappa shape index (κ2) is 6.45. The number of H-pyrrole nitrogens is 1. The van der Waals surface area contributed by atoms with Crippen LogP contribution >= 0.6 is 0 Å². The molecule has 0 saturated carbocycles. The van der Waals surface area contributed by atoms with Crippen molar-refractivity contribution >= 4 is 5.91 Å². The molecule has 0 spiro atoms. The Hall–Kier alpha value is -3.29. The molecule has 24 heavy (non-hydrogen) atoms. The average Bonchev–Trinajstić information content (AvgIpc) is 3.03. The number of benzene rings is 1. The van der Waals surface area contributed by atoms with E-state index in [9.17, 15) is 9.59 Å². The van der Waals surface area contributed by atoms with Crippen LogP contribution in [0.25, 0.3) is 11.4 Å². The summed E-state index contributed by atoms with van der Waals surface area (Å²) in [6.07, 6.45) is 1.26. The molecule has 0 atom stereocenters. The summed E-state index contributed by atoms with van der Waals surface area (Å²) < 4.78 is 5.17. The predicted octanol–water partition coefficient (Wildman–Crippen LogP) is 1.40. The van der Waals surface area contributed by atoms with Gasteiger partial charge in [0.05, 0.1) is 0 Å². The number of hydrogen-bond donors (Lipinski definition) is 1. The van der Waals surface area contributed by atoms with Gasteiger partial charge in [-0.25, -0.2) is 4.98 Å². The first-order valence-electron chi connectivity index (χ1n) is 7.24.